The molecular weight excluding hydrogens is 266 g/mol. The van der Waals surface area contributed by atoms with Crippen LogP contribution in [-0.4, -0.2) is 22.1 Å². The molecule has 0 bridgehead atoms. The van der Waals surface area contributed by atoms with Crippen molar-refractivity contribution in [3.63, 3.8) is 0 Å². The molecule has 0 aliphatic rings. The van der Waals surface area contributed by atoms with Gasteiger partial charge < -0.3 is 15.0 Å². The summed E-state index contributed by atoms with van der Waals surface area (Å²) in [5.74, 6) is 1.10. The fourth-order valence-corrected chi connectivity index (χ4v) is 2.30. The van der Waals surface area contributed by atoms with Gasteiger partial charge in [-0.25, -0.2) is 4.98 Å². The molecule has 1 aromatic carbocycles. The Labute approximate surface area is 125 Å². The Morgan fingerprint density at radius 3 is 2.86 bits per heavy atom. The van der Waals surface area contributed by atoms with Gasteiger partial charge in [0.25, 0.3) is 0 Å². The molecular formula is C16H23N3O2. The van der Waals surface area contributed by atoms with Crippen molar-refractivity contribution in [3.05, 3.63) is 24.0 Å². The zero-order valence-electron chi connectivity index (χ0n) is 12.9. The fourth-order valence-electron chi connectivity index (χ4n) is 2.30. The van der Waals surface area contributed by atoms with Crippen molar-refractivity contribution < 1.29 is 9.53 Å². The summed E-state index contributed by atoms with van der Waals surface area (Å²) in [6, 6.07) is 5.65. The van der Waals surface area contributed by atoms with Crippen molar-refractivity contribution in [2.45, 2.75) is 40.2 Å². The fraction of sp³-hybridized carbons (Fsp3) is 0.500. The Kier molecular flexibility index (Phi) is 4.83. The van der Waals surface area contributed by atoms with Crippen LogP contribution < -0.4 is 5.73 Å². The van der Waals surface area contributed by atoms with E-state index < -0.39 is 0 Å². The normalized spacial score (nSPS) is 11.2. The van der Waals surface area contributed by atoms with Crippen molar-refractivity contribution in [2.75, 3.05) is 12.3 Å². The van der Waals surface area contributed by atoms with Crippen LogP contribution in [0.1, 0.15) is 33.0 Å². The summed E-state index contributed by atoms with van der Waals surface area (Å²) >= 11 is 0. The predicted molar refractivity (Wildman–Crippen MR) is 83.9 cm³/mol. The second kappa shape index (κ2) is 6.61. The van der Waals surface area contributed by atoms with E-state index in [4.69, 9.17) is 10.5 Å². The number of para-hydroxylation sites is 1. The smallest absolute Gasteiger partial charge is 0.326 e. The zero-order chi connectivity index (χ0) is 15.4. The van der Waals surface area contributed by atoms with E-state index in [1.165, 1.54) is 0 Å². The molecule has 1 heterocycles. The number of nitrogens with zero attached hydrogens (tertiary/aromatic N) is 2. The molecule has 0 spiro atoms. The van der Waals surface area contributed by atoms with E-state index >= 15 is 0 Å². The number of nitrogens with two attached hydrogens (primary N) is 1. The second-order valence-corrected chi connectivity index (χ2v) is 5.65. The van der Waals surface area contributed by atoms with Crippen LogP contribution >= 0.6 is 0 Å². The van der Waals surface area contributed by atoms with Crippen molar-refractivity contribution in [2.24, 2.45) is 5.92 Å². The van der Waals surface area contributed by atoms with Crippen LogP contribution in [0.3, 0.4) is 0 Å². The largest absolute Gasteiger partial charge is 0.464 e. The van der Waals surface area contributed by atoms with Crippen LogP contribution in [-0.2, 0) is 22.5 Å². The maximum Gasteiger partial charge on any atom is 0.326 e. The number of hydrogen-bond donors (Lipinski definition) is 1. The third-order valence-electron chi connectivity index (χ3n) is 3.23. The molecule has 0 aliphatic carbocycles. The second-order valence-electron chi connectivity index (χ2n) is 5.65. The van der Waals surface area contributed by atoms with Gasteiger partial charge in [-0.1, -0.05) is 26.8 Å². The molecule has 0 atom stereocenters. The molecule has 5 heteroatoms. The maximum atomic E-state index is 11.9. The van der Waals surface area contributed by atoms with E-state index in [-0.39, 0.29) is 12.5 Å². The standard InChI is InChI=1S/C16H23N3O2/c1-4-8-21-15(20)10-19-13-7-5-6-12(17)16(13)18-14(19)9-11(2)3/h5-7,11H,4,8-10,17H2,1-3H3. The van der Waals surface area contributed by atoms with Gasteiger partial charge in [0.15, 0.2) is 0 Å². The predicted octanol–water partition coefficient (Wildman–Crippen LogP) is 2.77. The molecule has 2 N–H and O–H groups in total. The maximum absolute atomic E-state index is 11.9. The van der Waals surface area contributed by atoms with Crippen LogP contribution in [0.25, 0.3) is 11.0 Å². The summed E-state index contributed by atoms with van der Waals surface area (Å²) in [4.78, 5) is 16.5. The van der Waals surface area contributed by atoms with Gasteiger partial charge in [0, 0.05) is 6.42 Å². The first kappa shape index (κ1) is 15.4. The van der Waals surface area contributed by atoms with Gasteiger partial charge in [-0.2, -0.15) is 0 Å². The lowest BCUT2D eigenvalue weighted by atomic mass is 10.1. The van der Waals surface area contributed by atoms with E-state index in [0.717, 1.165) is 29.7 Å². The Hall–Kier alpha value is -2.04. The van der Waals surface area contributed by atoms with Crippen molar-refractivity contribution in [1.29, 1.82) is 0 Å². The number of aromatic nitrogens is 2. The number of anilines is 1. The average molecular weight is 289 g/mol. The molecule has 5 nitrogen and oxygen atoms in total. The van der Waals surface area contributed by atoms with Gasteiger partial charge in [-0.05, 0) is 24.5 Å². The third-order valence-corrected chi connectivity index (χ3v) is 3.23. The molecule has 2 aromatic rings. The summed E-state index contributed by atoms with van der Waals surface area (Å²) in [5.41, 5.74) is 8.27. The Morgan fingerprint density at radius 2 is 2.19 bits per heavy atom. The number of fused-ring (bicyclic) bond motifs is 1. The summed E-state index contributed by atoms with van der Waals surface area (Å²) in [6.45, 7) is 6.87. The van der Waals surface area contributed by atoms with E-state index in [1.807, 2.05) is 29.7 Å². The molecule has 0 aliphatic heterocycles. The van der Waals surface area contributed by atoms with E-state index in [9.17, 15) is 4.79 Å². The summed E-state index contributed by atoms with van der Waals surface area (Å²) < 4.78 is 7.11. The van der Waals surface area contributed by atoms with Crippen LogP contribution in [0.4, 0.5) is 5.69 Å². The van der Waals surface area contributed by atoms with Crippen molar-refractivity contribution in [3.8, 4) is 0 Å². The van der Waals surface area contributed by atoms with Crippen molar-refractivity contribution in [1.82, 2.24) is 9.55 Å². The lowest BCUT2D eigenvalue weighted by Crippen LogP contribution is -2.17. The summed E-state index contributed by atoms with van der Waals surface area (Å²) in [6.07, 6.45) is 1.62. The minimum absolute atomic E-state index is 0.183. The first-order valence-electron chi connectivity index (χ1n) is 7.42. The topological polar surface area (TPSA) is 70.1 Å². The number of carbonyl (C=O) groups excluding carboxylic acids is 1. The molecule has 1 aromatic heterocycles. The number of rotatable bonds is 6. The van der Waals surface area contributed by atoms with Gasteiger partial charge >= 0.3 is 5.97 Å². The highest BCUT2D eigenvalue weighted by Gasteiger charge is 2.16. The van der Waals surface area contributed by atoms with E-state index in [0.29, 0.717) is 18.2 Å². The molecule has 0 saturated carbocycles. The van der Waals surface area contributed by atoms with Crippen LogP contribution in [0.2, 0.25) is 0 Å². The molecule has 0 amide bonds. The first-order valence-corrected chi connectivity index (χ1v) is 7.42. The number of nitrogen functional groups attached to an aromatic ring is 1. The lowest BCUT2D eigenvalue weighted by molar-refractivity contribution is -0.144. The SMILES string of the molecule is CCCOC(=O)Cn1c(CC(C)C)nc2c(N)cccc21. The monoisotopic (exact) mass is 289 g/mol. The summed E-state index contributed by atoms with van der Waals surface area (Å²) in [5, 5.41) is 0. The van der Waals surface area contributed by atoms with Gasteiger partial charge in [0.1, 0.15) is 17.9 Å². The number of benzene rings is 1. The highest BCUT2D eigenvalue weighted by molar-refractivity contribution is 5.88. The van der Waals surface area contributed by atoms with Gasteiger partial charge in [-0.3, -0.25) is 4.79 Å². The Bertz CT molecular complexity index is 632. The number of imidazole rings is 1. The Morgan fingerprint density at radius 1 is 1.43 bits per heavy atom. The lowest BCUT2D eigenvalue weighted by Gasteiger charge is -2.10. The Balaban J connectivity index is 2.38. The number of ether oxygens (including phenoxy) is 1. The van der Waals surface area contributed by atoms with E-state index in [1.54, 1.807) is 0 Å². The third kappa shape index (κ3) is 3.54. The minimum Gasteiger partial charge on any atom is -0.464 e. The number of esters is 1. The highest BCUT2D eigenvalue weighted by Crippen LogP contribution is 2.23. The molecule has 0 unspecified atom stereocenters. The van der Waals surface area contributed by atoms with Gasteiger partial charge in [-0.15, -0.1) is 0 Å². The highest BCUT2D eigenvalue weighted by atomic mass is 16.5. The molecule has 0 fully saturated rings. The van der Waals surface area contributed by atoms with Crippen LogP contribution in [0, 0.1) is 5.92 Å². The minimum atomic E-state index is -0.233. The molecule has 21 heavy (non-hydrogen) atoms. The first-order chi connectivity index (χ1) is 10.0. The van der Waals surface area contributed by atoms with Gasteiger partial charge in [0.2, 0.25) is 0 Å². The molecule has 0 radical (unpaired) electrons. The molecule has 0 saturated heterocycles. The molecule has 114 valence electrons. The van der Waals surface area contributed by atoms with Crippen LogP contribution in [0.15, 0.2) is 18.2 Å². The van der Waals surface area contributed by atoms with E-state index in [2.05, 4.69) is 18.8 Å². The molecule has 2 rings (SSSR count). The van der Waals surface area contributed by atoms with Crippen LogP contribution in [0.5, 0.6) is 0 Å². The van der Waals surface area contributed by atoms with Crippen molar-refractivity contribution >= 4 is 22.7 Å². The zero-order valence-corrected chi connectivity index (χ0v) is 12.9. The number of carbonyl (C=O) groups is 1. The number of hydrogen-bond acceptors (Lipinski definition) is 4. The average Bonchev–Trinajstić information content (AvgIpc) is 2.75. The van der Waals surface area contributed by atoms with Gasteiger partial charge in [0.05, 0.1) is 17.8 Å². The quantitative estimate of drug-likeness (QED) is 0.655. The summed E-state index contributed by atoms with van der Waals surface area (Å²) in [7, 11) is 0.